The Morgan fingerprint density at radius 2 is 1.79 bits per heavy atom. The third kappa shape index (κ3) is 3.17. The first-order valence-corrected chi connectivity index (χ1v) is 7.95. The second kappa shape index (κ2) is 6.46. The van der Waals surface area contributed by atoms with E-state index in [-0.39, 0.29) is 11.3 Å². The lowest BCUT2D eigenvalue weighted by molar-refractivity contribution is 0.104. The van der Waals surface area contributed by atoms with Crippen molar-refractivity contribution in [2.24, 2.45) is 0 Å². The molecule has 0 spiro atoms. The molecule has 0 saturated carbocycles. The Balaban J connectivity index is 2.02. The molecule has 0 unspecified atom stereocenters. The fourth-order valence-electron chi connectivity index (χ4n) is 2.67. The number of pyridine rings is 1. The molecule has 3 rings (SSSR count). The largest absolute Gasteiger partial charge is 0.321 e. The summed E-state index contributed by atoms with van der Waals surface area (Å²) in [6, 6.07) is 13.0. The normalized spacial score (nSPS) is 11.3. The second-order valence-corrected chi connectivity index (χ2v) is 6.19. The van der Waals surface area contributed by atoms with Gasteiger partial charge in [0, 0.05) is 10.4 Å². The van der Waals surface area contributed by atoms with Crippen molar-refractivity contribution in [3.05, 3.63) is 86.2 Å². The summed E-state index contributed by atoms with van der Waals surface area (Å²) < 4.78 is 0. The first kappa shape index (κ1) is 16.2. The zero-order valence-electron chi connectivity index (χ0n) is 13.4. The van der Waals surface area contributed by atoms with Crippen LogP contribution in [-0.2, 0) is 0 Å². The van der Waals surface area contributed by atoms with E-state index in [9.17, 15) is 9.59 Å². The lowest BCUT2D eigenvalue weighted by atomic mass is 10.0. The third-order valence-electron chi connectivity index (χ3n) is 3.99. The summed E-state index contributed by atoms with van der Waals surface area (Å²) in [6.45, 7) is 3.78. The molecule has 0 atom stereocenters. The van der Waals surface area contributed by atoms with Crippen LogP contribution in [0.5, 0.6) is 0 Å². The van der Waals surface area contributed by atoms with Gasteiger partial charge in [-0.25, -0.2) is 0 Å². The molecular formula is C20H16ClNO2. The molecule has 24 heavy (non-hydrogen) atoms. The lowest BCUT2D eigenvalue weighted by Crippen LogP contribution is -2.18. The van der Waals surface area contributed by atoms with Crippen LogP contribution in [-0.4, -0.2) is 10.8 Å². The number of allylic oxidation sites excluding steroid dienone is 1. The number of aromatic amines is 1. The highest BCUT2D eigenvalue weighted by Gasteiger charge is 2.14. The molecule has 120 valence electrons. The highest BCUT2D eigenvalue weighted by molar-refractivity contribution is 6.31. The van der Waals surface area contributed by atoms with E-state index < -0.39 is 5.56 Å². The monoisotopic (exact) mass is 337 g/mol. The number of benzene rings is 2. The van der Waals surface area contributed by atoms with Gasteiger partial charge in [0.15, 0.2) is 5.78 Å². The summed E-state index contributed by atoms with van der Waals surface area (Å²) in [5, 5.41) is 1.35. The summed E-state index contributed by atoms with van der Waals surface area (Å²) in [5.41, 5.74) is 3.11. The highest BCUT2D eigenvalue weighted by atomic mass is 35.5. The lowest BCUT2D eigenvalue weighted by Gasteiger charge is -2.06. The first-order valence-electron chi connectivity index (χ1n) is 7.57. The van der Waals surface area contributed by atoms with E-state index in [4.69, 9.17) is 11.6 Å². The van der Waals surface area contributed by atoms with Crippen LogP contribution in [0.15, 0.2) is 53.3 Å². The van der Waals surface area contributed by atoms with Crippen LogP contribution in [0.3, 0.4) is 0 Å². The van der Waals surface area contributed by atoms with Crippen LogP contribution in [0.2, 0.25) is 5.02 Å². The number of fused-ring (bicyclic) bond motifs is 1. The maximum atomic E-state index is 12.5. The average molecular weight is 338 g/mol. The van der Waals surface area contributed by atoms with Crippen molar-refractivity contribution in [3.63, 3.8) is 0 Å². The molecule has 1 aromatic heterocycles. The van der Waals surface area contributed by atoms with E-state index >= 15 is 0 Å². The number of carbonyl (C=O) groups excluding carboxylic acids is 1. The Morgan fingerprint density at radius 1 is 1.08 bits per heavy atom. The van der Waals surface area contributed by atoms with Gasteiger partial charge in [-0.05, 0) is 43.2 Å². The Morgan fingerprint density at radius 3 is 2.50 bits per heavy atom. The van der Waals surface area contributed by atoms with Crippen LogP contribution in [0.25, 0.3) is 17.0 Å². The number of carbonyl (C=O) groups is 1. The van der Waals surface area contributed by atoms with Crippen molar-refractivity contribution in [3.8, 4) is 0 Å². The number of hydrogen-bond donors (Lipinski definition) is 1. The van der Waals surface area contributed by atoms with Crippen molar-refractivity contribution in [2.75, 3.05) is 0 Å². The molecule has 0 aliphatic rings. The number of H-pyrrole nitrogens is 1. The fraction of sp³-hybridized carbons (Fsp3) is 0.100. The molecule has 1 N–H and O–H groups in total. The molecule has 0 aliphatic carbocycles. The van der Waals surface area contributed by atoms with E-state index in [2.05, 4.69) is 4.98 Å². The minimum absolute atomic E-state index is 0.160. The highest BCUT2D eigenvalue weighted by Crippen LogP contribution is 2.21. The van der Waals surface area contributed by atoms with Crippen LogP contribution >= 0.6 is 11.6 Å². The molecule has 0 bridgehead atoms. The average Bonchev–Trinajstić information content (AvgIpc) is 2.54. The SMILES string of the molecule is Cc1ccc(C=CC(=O)c2c(C)c3ccc(Cl)cc3[nH]c2=O)cc1. The standard InChI is InChI=1S/C20H16ClNO2/c1-12-3-5-14(6-4-12)7-10-18(23)19-13(2)16-9-8-15(21)11-17(16)22-20(19)24/h3-11H,1-2H3,(H,22,24). The van der Waals surface area contributed by atoms with Gasteiger partial charge in [0.05, 0.1) is 11.1 Å². The Bertz CT molecular complexity index is 1010. The van der Waals surface area contributed by atoms with Crippen molar-refractivity contribution in [2.45, 2.75) is 13.8 Å². The first-order chi connectivity index (χ1) is 11.5. The quantitative estimate of drug-likeness (QED) is 0.556. The topological polar surface area (TPSA) is 49.9 Å². The summed E-state index contributed by atoms with van der Waals surface area (Å²) in [6.07, 6.45) is 3.15. The van der Waals surface area contributed by atoms with Gasteiger partial charge in [-0.3, -0.25) is 9.59 Å². The number of aryl methyl sites for hydroxylation is 2. The van der Waals surface area contributed by atoms with Gasteiger partial charge in [0.2, 0.25) is 0 Å². The Kier molecular flexibility index (Phi) is 4.36. The van der Waals surface area contributed by atoms with Gasteiger partial charge in [-0.1, -0.05) is 53.6 Å². The van der Waals surface area contributed by atoms with Gasteiger partial charge >= 0.3 is 0 Å². The van der Waals surface area contributed by atoms with E-state index in [0.717, 1.165) is 16.5 Å². The summed E-state index contributed by atoms with van der Waals surface area (Å²) in [4.78, 5) is 27.5. The van der Waals surface area contributed by atoms with Crippen molar-refractivity contribution < 1.29 is 4.79 Å². The molecule has 1 heterocycles. The molecule has 0 amide bonds. The number of nitrogens with one attached hydrogen (secondary N) is 1. The van der Waals surface area contributed by atoms with E-state index in [0.29, 0.717) is 16.1 Å². The summed E-state index contributed by atoms with van der Waals surface area (Å²) >= 11 is 5.95. The van der Waals surface area contributed by atoms with Crippen LogP contribution < -0.4 is 5.56 Å². The molecule has 0 aliphatic heterocycles. The van der Waals surface area contributed by atoms with Gasteiger partial charge in [0.25, 0.3) is 5.56 Å². The number of halogens is 1. The number of ketones is 1. The molecule has 4 heteroatoms. The molecule has 0 radical (unpaired) electrons. The Labute approximate surface area is 144 Å². The fourth-order valence-corrected chi connectivity index (χ4v) is 2.84. The maximum absolute atomic E-state index is 12.5. The van der Waals surface area contributed by atoms with Gasteiger partial charge in [0.1, 0.15) is 0 Å². The molecule has 3 aromatic rings. The summed E-state index contributed by atoms with van der Waals surface area (Å²) in [5.74, 6) is -0.314. The number of hydrogen-bond acceptors (Lipinski definition) is 2. The zero-order chi connectivity index (χ0) is 17.3. The molecule has 0 fully saturated rings. The molecule has 3 nitrogen and oxygen atoms in total. The van der Waals surface area contributed by atoms with Crippen molar-refractivity contribution >= 4 is 34.4 Å². The second-order valence-electron chi connectivity index (χ2n) is 5.75. The zero-order valence-corrected chi connectivity index (χ0v) is 14.1. The van der Waals surface area contributed by atoms with Crippen molar-refractivity contribution in [1.29, 1.82) is 0 Å². The third-order valence-corrected chi connectivity index (χ3v) is 4.22. The predicted octanol–water partition coefficient (Wildman–Crippen LogP) is 4.69. The molecule has 2 aromatic carbocycles. The van der Waals surface area contributed by atoms with Crippen molar-refractivity contribution in [1.82, 2.24) is 4.98 Å². The minimum atomic E-state index is -0.402. The predicted molar refractivity (Wildman–Crippen MR) is 98.9 cm³/mol. The summed E-state index contributed by atoms with van der Waals surface area (Å²) in [7, 11) is 0. The van der Waals surface area contributed by atoms with Gasteiger partial charge in [-0.2, -0.15) is 0 Å². The van der Waals surface area contributed by atoms with Gasteiger partial charge < -0.3 is 4.98 Å². The minimum Gasteiger partial charge on any atom is -0.321 e. The Hall–Kier alpha value is -2.65. The van der Waals surface area contributed by atoms with Gasteiger partial charge in [-0.15, -0.1) is 0 Å². The van der Waals surface area contributed by atoms with Crippen LogP contribution in [0, 0.1) is 13.8 Å². The van der Waals surface area contributed by atoms with Crippen LogP contribution in [0.4, 0.5) is 0 Å². The van der Waals surface area contributed by atoms with Crippen LogP contribution in [0.1, 0.15) is 27.0 Å². The number of aromatic nitrogens is 1. The van der Waals surface area contributed by atoms with E-state index in [1.165, 1.54) is 6.08 Å². The van der Waals surface area contributed by atoms with E-state index in [1.807, 2.05) is 37.3 Å². The maximum Gasteiger partial charge on any atom is 0.259 e. The number of rotatable bonds is 3. The molecule has 0 saturated heterocycles. The van der Waals surface area contributed by atoms with E-state index in [1.54, 1.807) is 25.1 Å². The smallest absolute Gasteiger partial charge is 0.259 e. The molecular weight excluding hydrogens is 322 g/mol.